The summed E-state index contributed by atoms with van der Waals surface area (Å²) >= 11 is 0. The zero-order valence-electron chi connectivity index (χ0n) is 9.24. The van der Waals surface area contributed by atoms with Crippen LogP contribution in [0.3, 0.4) is 0 Å². The van der Waals surface area contributed by atoms with E-state index in [0.717, 1.165) is 18.2 Å². The number of hydrogen-bond donors (Lipinski definition) is 2. The van der Waals surface area contributed by atoms with Gasteiger partial charge in [-0.15, -0.1) is 0 Å². The van der Waals surface area contributed by atoms with Gasteiger partial charge < -0.3 is 15.2 Å². The molecule has 2 N–H and O–H groups in total. The molecule has 0 fully saturated rings. The lowest BCUT2D eigenvalue weighted by molar-refractivity contribution is -0.142. The van der Waals surface area contributed by atoms with Crippen molar-refractivity contribution < 1.29 is 23.4 Å². The van der Waals surface area contributed by atoms with E-state index in [1.54, 1.807) is 0 Å². The lowest BCUT2D eigenvalue weighted by Gasteiger charge is -2.12. The molecule has 0 aliphatic carbocycles. The number of carbonyl (C=O) groups excluding carboxylic acids is 1. The SMILES string of the molecule is COC(=O)CC(O)CNc1cc(F)ccc1F. The Morgan fingerprint density at radius 3 is 2.88 bits per heavy atom. The Labute approximate surface area is 97.2 Å². The molecule has 1 rings (SSSR count). The Morgan fingerprint density at radius 2 is 2.24 bits per heavy atom. The number of rotatable bonds is 5. The van der Waals surface area contributed by atoms with Crippen molar-refractivity contribution in [3.63, 3.8) is 0 Å². The van der Waals surface area contributed by atoms with Gasteiger partial charge in [0.25, 0.3) is 0 Å². The van der Waals surface area contributed by atoms with Crippen molar-refractivity contribution in [1.82, 2.24) is 0 Å². The predicted octanol–water partition coefficient (Wildman–Crippen LogP) is 1.30. The lowest BCUT2D eigenvalue weighted by Crippen LogP contribution is -2.23. The summed E-state index contributed by atoms with van der Waals surface area (Å²) < 4.78 is 30.3. The van der Waals surface area contributed by atoms with E-state index in [4.69, 9.17) is 0 Å². The van der Waals surface area contributed by atoms with Crippen molar-refractivity contribution in [2.24, 2.45) is 0 Å². The van der Waals surface area contributed by atoms with Crippen LogP contribution in [0.4, 0.5) is 14.5 Å². The average molecular weight is 245 g/mol. The van der Waals surface area contributed by atoms with Crippen molar-refractivity contribution in [2.45, 2.75) is 12.5 Å². The molecule has 0 aliphatic heterocycles. The summed E-state index contributed by atoms with van der Waals surface area (Å²) in [6, 6.07) is 2.94. The van der Waals surface area contributed by atoms with Crippen LogP contribution in [0, 0.1) is 11.6 Å². The van der Waals surface area contributed by atoms with E-state index >= 15 is 0 Å². The van der Waals surface area contributed by atoms with Crippen LogP contribution in [0.2, 0.25) is 0 Å². The van der Waals surface area contributed by atoms with Crippen molar-refractivity contribution in [3.05, 3.63) is 29.8 Å². The quantitative estimate of drug-likeness (QED) is 0.768. The lowest BCUT2D eigenvalue weighted by atomic mass is 10.2. The summed E-state index contributed by atoms with van der Waals surface area (Å²) in [5.74, 6) is -1.79. The second-order valence-corrected chi connectivity index (χ2v) is 3.44. The zero-order valence-corrected chi connectivity index (χ0v) is 9.24. The first kappa shape index (κ1) is 13.4. The number of methoxy groups -OCH3 is 1. The number of halogens is 2. The third-order valence-electron chi connectivity index (χ3n) is 2.09. The molecular weight excluding hydrogens is 232 g/mol. The molecule has 17 heavy (non-hydrogen) atoms. The molecular formula is C11H13F2NO3. The average Bonchev–Trinajstić information content (AvgIpc) is 2.30. The Balaban J connectivity index is 2.49. The van der Waals surface area contributed by atoms with Crippen LogP contribution in [-0.2, 0) is 9.53 Å². The summed E-state index contributed by atoms with van der Waals surface area (Å²) in [6.07, 6.45) is -1.23. The van der Waals surface area contributed by atoms with Crippen molar-refractivity contribution in [2.75, 3.05) is 19.0 Å². The second-order valence-electron chi connectivity index (χ2n) is 3.44. The van der Waals surface area contributed by atoms with E-state index < -0.39 is 23.7 Å². The summed E-state index contributed by atoms with van der Waals surface area (Å²) in [4.78, 5) is 10.8. The number of aliphatic hydroxyl groups excluding tert-OH is 1. The van der Waals surface area contributed by atoms with E-state index in [0.29, 0.717) is 0 Å². The molecule has 1 aromatic carbocycles. The smallest absolute Gasteiger partial charge is 0.308 e. The molecule has 0 saturated heterocycles. The molecule has 0 heterocycles. The van der Waals surface area contributed by atoms with Crippen LogP contribution in [-0.4, -0.2) is 30.8 Å². The minimum absolute atomic E-state index is 0.0612. The molecule has 1 aromatic rings. The normalized spacial score (nSPS) is 12.0. The van der Waals surface area contributed by atoms with Gasteiger partial charge in [0.2, 0.25) is 0 Å². The highest BCUT2D eigenvalue weighted by molar-refractivity contribution is 5.69. The molecule has 0 bridgehead atoms. The highest BCUT2D eigenvalue weighted by Crippen LogP contribution is 2.15. The molecule has 6 heteroatoms. The molecule has 0 amide bonds. The molecule has 94 valence electrons. The highest BCUT2D eigenvalue weighted by atomic mass is 19.1. The summed E-state index contributed by atoms with van der Waals surface area (Å²) in [5.41, 5.74) is -0.0612. The largest absolute Gasteiger partial charge is 0.469 e. The summed E-state index contributed by atoms with van der Waals surface area (Å²) in [5, 5.41) is 11.9. The van der Waals surface area contributed by atoms with Crippen LogP contribution in [0.25, 0.3) is 0 Å². The monoisotopic (exact) mass is 245 g/mol. The van der Waals surface area contributed by atoms with Gasteiger partial charge in [-0.2, -0.15) is 0 Å². The first-order chi connectivity index (χ1) is 8.02. The fraction of sp³-hybridized carbons (Fsp3) is 0.364. The summed E-state index contributed by atoms with van der Waals surface area (Å²) in [7, 11) is 1.20. The van der Waals surface area contributed by atoms with Gasteiger partial charge in [-0.05, 0) is 18.2 Å². The fourth-order valence-corrected chi connectivity index (χ4v) is 1.21. The minimum atomic E-state index is -1.02. The van der Waals surface area contributed by atoms with E-state index in [-0.39, 0.29) is 18.7 Å². The Bertz CT molecular complexity index is 398. The number of aliphatic hydroxyl groups is 1. The first-order valence-electron chi connectivity index (χ1n) is 4.96. The molecule has 4 nitrogen and oxygen atoms in total. The van der Waals surface area contributed by atoms with Crippen LogP contribution < -0.4 is 5.32 Å². The minimum Gasteiger partial charge on any atom is -0.469 e. The van der Waals surface area contributed by atoms with Crippen LogP contribution in [0.15, 0.2) is 18.2 Å². The maximum Gasteiger partial charge on any atom is 0.308 e. The van der Waals surface area contributed by atoms with Crippen molar-refractivity contribution in [3.8, 4) is 0 Å². The third kappa shape index (κ3) is 4.36. The second kappa shape index (κ2) is 6.15. The van der Waals surface area contributed by atoms with Gasteiger partial charge in [0.05, 0.1) is 25.3 Å². The topological polar surface area (TPSA) is 58.6 Å². The van der Waals surface area contributed by atoms with E-state index in [1.807, 2.05) is 0 Å². The van der Waals surface area contributed by atoms with Gasteiger partial charge in [0, 0.05) is 6.54 Å². The molecule has 0 saturated carbocycles. The molecule has 1 unspecified atom stereocenters. The van der Waals surface area contributed by atoms with Gasteiger partial charge in [-0.25, -0.2) is 8.78 Å². The van der Waals surface area contributed by atoms with Crippen LogP contribution in [0.5, 0.6) is 0 Å². The van der Waals surface area contributed by atoms with Crippen molar-refractivity contribution >= 4 is 11.7 Å². The summed E-state index contributed by atoms with van der Waals surface area (Å²) in [6.45, 7) is -0.0739. The van der Waals surface area contributed by atoms with Gasteiger partial charge in [0.1, 0.15) is 11.6 Å². The molecule has 0 aromatic heterocycles. The van der Waals surface area contributed by atoms with Gasteiger partial charge in [-0.1, -0.05) is 0 Å². The van der Waals surface area contributed by atoms with Gasteiger partial charge in [-0.3, -0.25) is 4.79 Å². The number of benzene rings is 1. The van der Waals surface area contributed by atoms with E-state index in [2.05, 4.69) is 10.1 Å². The molecule has 0 radical (unpaired) electrons. The number of hydrogen-bond acceptors (Lipinski definition) is 4. The predicted molar refractivity (Wildman–Crippen MR) is 57.5 cm³/mol. The van der Waals surface area contributed by atoms with Gasteiger partial charge in [0.15, 0.2) is 0 Å². The number of nitrogens with one attached hydrogen (secondary N) is 1. The van der Waals surface area contributed by atoms with Gasteiger partial charge >= 0.3 is 5.97 Å². The number of carbonyl (C=O) groups is 1. The Hall–Kier alpha value is -1.69. The van der Waals surface area contributed by atoms with Crippen LogP contribution >= 0.6 is 0 Å². The maximum atomic E-state index is 13.1. The molecule has 0 spiro atoms. The van der Waals surface area contributed by atoms with E-state index in [1.165, 1.54) is 7.11 Å². The van der Waals surface area contributed by atoms with Crippen LogP contribution in [0.1, 0.15) is 6.42 Å². The molecule has 0 aliphatic rings. The number of ether oxygens (including phenoxy) is 1. The fourth-order valence-electron chi connectivity index (χ4n) is 1.21. The Kier molecular flexibility index (Phi) is 4.84. The standard InChI is InChI=1S/C11H13F2NO3/c1-17-11(16)5-8(15)6-14-10-4-7(12)2-3-9(10)13/h2-4,8,14-15H,5-6H2,1H3. The zero-order chi connectivity index (χ0) is 12.8. The Morgan fingerprint density at radius 1 is 1.53 bits per heavy atom. The van der Waals surface area contributed by atoms with Crippen molar-refractivity contribution in [1.29, 1.82) is 0 Å². The third-order valence-corrected chi connectivity index (χ3v) is 2.09. The number of esters is 1. The maximum absolute atomic E-state index is 13.1. The number of anilines is 1. The molecule has 1 atom stereocenters. The van der Waals surface area contributed by atoms with E-state index in [9.17, 15) is 18.7 Å². The first-order valence-corrected chi connectivity index (χ1v) is 4.96. The highest BCUT2D eigenvalue weighted by Gasteiger charge is 2.12.